The molecule has 1 radical (unpaired) electrons. The van der Waals surface area contributed by atoms with E-state index in [1.54, 1.807) is 12.3 Å². The maximum absolute atomic E-state index is 11.5. The van der Waals surface area contributed by atoms with E-state index in [0.717, 1.165) is 32.8 Å². The van der Waals surface area contributed by atoms with Crippen molar-refractivity contribution in [2.75, 3.05) is 39.4 Å². The molecule has 6 nitrogen and oxygen atoms in total. The molecule has 1 aromatic heterocycles. The van der Waals surface area contributed by atoms with Gasteiger partial charge in [-0.25, -0.2) is 4.79 Å². The third-order valence-corrected chi connectivity index (χ3v) is 2.47. The summed E-state index contributed by atoms with van der Waals surface area (Å²) in [5.74, 6) is 0. The third-order valence-electron chi connectivity index (χ3n) is 2.47. The van der Waals surface area contributed by atoms with Gasteiger partial charge in [-0.1, -0.05) is 0 Å². The zero-order valence-corrected chi connectivity index (χ0v) is 9.06. The van der Waals surface area contributed by atoms with Gasteiger partial charge >= 0.3 is 6.03 Å². The number of amides is 1. The van der Waals surface area contributed by atoms with Gasteiger partial charge in [0.1, 0.15) is 6.20 Å². The number of rotatable bonds is 3. The Kier molecular flexibility index (Phi) is 3.90. The van der Waals surface area contributed by atoms with Crippen LogP contribution in [0.1, 0.15) is 0 Å². The fourth-order valence-corrected chi connectivity index (χ4v) is 1.57. The minimum Gasteiger partial charge on any atom is -0.379 e. The summed E-state index contributed by atoms with van der Waals surface area (Å²) in [5.41, 5.74) is 0. The van der Waals surface area contributed by atoms with Crippen LogP contribution < -0.4 is 5.32 Å². The summed E-state index contributed by atoms with van der Waals surface area (Å²) in [7, 11) is 0. The standard InChI is InChI=1S/C10H15N4O2/c15-10(14-4-1-2-12-14)11-3-5-13-6-8-16-9-7-13/h1,4H,3,5-9H2,(H,11,15). The molecule has 0 atom stereocenters. The van der Waals surface area contributed by atoms with Crippen LogP contribution in [0.25, 0.3) is 0 Å². The van der Waals surface area contributed by atoms with Gasteiger partial charge in [0.15, 0.2) is 0 Å². The zero-order chi connectivity index (χ0) is 11.2. The summed E-state index contributed by atoms with van der Waals surface area (Å²) in [6.45, 7) is 4.90. The van der Waals surface area contributed by atoms with Crippen LogP contribution in [-0.2, 0) is 4.74 Å². The van der Waals surface area contributed by atoms with Gasteiger partial charge in [0.25, 0.3) is 0 Å². The van der Waals surface area contributed by atoms with E-state index in [2.05, 4.69) is 21.5 Å². The Morgan fingerprint density at radius 2 is 2.31 bits per heavy atom. The molecule has 1 saturated heterocycles. The molecule has 16 heavy (non-hydrogen) atoms. The first-order valence-corrected chi connectivity index (χ1v) is 5.36. The number of nitrogens with zero attached hydrogens (tertiary/aromatic N) is 3. The molecule has 0 bridgehead atoms. The van der Waals surface area contributed by atoms with Crippen LogP contribution in [0.2, 0.25) is 0 Å². The van der Waals surface area contributed by atoms with Crippen LogP contribution in [0.3, 0.4) is 0 Å². The number of hydrogen-bond donors (Lipinski definition) is 1. The molecule has 1 aliphatic heterocycles. The molecule has 0 unspecified atom stereocenters. The lowest BCUT2D eigenvalue weighted by Crippen LogP contribution is -2.42. The van der Waals surface area contributed by atoms with E-state index in [4.69, 9.17) is 4.74 Å². The smallest absolute Gasteiger partial charge is 0.342 e. The molecule has 1 N–H and O–H groups in total. The highest BCUT2D eigenvalue weighted by Crippen LogP contribution is 1.94. The highest BCUT2D eigenvalue weighted by atomic mass is 16.5. The Morgan fingerprint density at radius 3 is 3.00 bits per heavy atom. The van der Waals surface area contributed by atoms with E-state index in [1.165, 1.54) is 4.68 Å². The first kappa shape index (κ1) is 11.1. The SMILES string of the molecule is O=C(NCCN1CCOCC1)n1cc[c]n1. The van der Waals surface area contributed by atoms with Crippen LogP contribution >= 0.6 is 0 Å². The fraction of sp³-hybridized carbons (Fsp3) is 0.600. The summed E-state index contributed by atoms with van der Waals surface area (Å²) < 4.78 is 6.47. The molecule has 0 aliphatic carbocycles. The van der Waals surface area contributed by atoms with E-state index in [0.29, 0.717) is 6.54 Å². The first-order valence-electron chi connectivity index (χ1n) is 5.36. The average Bonchev–Trinajstić information content (AvgIpc) is 2.84. The Hall–Kier alpha value is -1.40. The number of nitrogens with one attached hydrogen (secondary N) is 1. The molecule has 87 valence electrons. The number of aromatic nitrogens is 2. The first-order chi connectivity index (χ1) is 7.86. The second-order valence-corrected chi connectivity index (χ2v) is 3.58. The van der Waals surface area contributed by atoms with Gasteiger partial charge < -0.3 is 10.1 Å². The van der Waals surface area contributed by atoms with Crippen molar-refractivity contribution in [1.82, 2.24) is 20.0 Å². The van der Waals surface area contributed by atoms with Crippen molar-refractivity contribution in [2.24, 2.45) is 0 Å². The van der Waals surface area contributed by atoms with E-state index < -0.39 is 0 Å². The second kappa shape index (κ2) is 5.62. The minimum absolute atomic E-state index is 0.213. The van der Waals surface area contributed by atoms with E-state index in [1.807, 2.05) is 0 Å². The quantitative estimate of drug-likeness (QED) is 0.755. The Labute approximate surface area is 94.2 Å². The minimum atomic E-state index is -0.213. The van der Waals surface area contributed by atoms with Gasteiger partial charge in [-0.05, 0) is 6.07 Å². The van der Waals surface area contributed by atoms with Crippen molar-refractivity contribution in [1.29, 1.82) is 0 Å². The largest absolute Gasteiger partial charge is 0.379 e. The molecule has 1 aliphatic rings. The summed E-state index contributed by atoms with van der Waals surface area (Å²) >= 11 is 0. The highest BCUT2D eigenvalue weighted by Gasteiger charge is 2.10. The monoisotopic (exact) mass is 223 g/mol. The molecule has 0 aromatic carbocycles. The topological polar surface area (TPSA) is 59.4 Å². The Balaban J connectivity index is 1.66. The fourth-order valence-electron chi connectivity index (χ4n) is 1.57. The van der Waals surface area contributed by atoms with E-state index in [-0.39, 0.29) is 6.03 Å². The molecule has 1 aromatic rings. The normalized spacial score (nSPS) is 17.2. The molecular weight excluding hydrogens is 208 g/mol. The number of carbonyl (C=O) groups is 1. The Morgan fingerprint density at radius 1 is 1.50 bits per heavy atom. The van der Waals surface area contributed by atoms with Crippen molar-refractivity contribution >= 4 is 6.03 Å². The van der Waals surface area contributed by atoms with E-state index in [9.17, 15) is 4.79 Å². The zero-order valence-electron chi connectivity index (χ0n) is 9.06. The molecule has 2 heterocycles. The average molecular weight is 223 g/mol. The van der Waals surface area contributed by atoms with Crippen molar-refractivity contribution in [3.05, 3.63) is 18.5 Å². The van der Waals surface area contributed by atoms with Crippen LogP contribution in [0, 0.1) is 6.20 Å². The summed E-state index contributed by atoms with van der Waals surface area (Å²) in [6.07, 6.45) is 4.15. The molecular formula is C10H15N4O2. The van der Waals surface area contributed by atoms with Crippen LogP contribution in [0.4, 0.5) is 4.79 Å². The van der Waals surface area contributed by atoms with Gasteiger partial charge in [0.05, 0.1) is 13.2 Å². The molecule has 0 spiro atoms. The highest BCUT2D eigenvalue weighted by molar-refractivity contribution is 5.75. The van der Waals surface area contributed by atoms with Crippen LogP contribution in [0.15, 0.2) is 12.3 Å². The summed E-state index contributed by atoms with van der Waals surface area (Å²) in [6, 6.07) is 1.39. The number of hydrogen-bond acceptors (Lipinski definition) is 4. The van der Waals surface area contributed by atoms with Crippen LogP contribution in [-0.4, -0.2) is 60.1 Å². The van der Waals surface area contributed by atoms with Crippen molar-refractivity contribution in [2.45, 2.75) is 0 Å². The molecule has 1 amide bonds. The summed E-state index contributed by atoms with van der Waals surface area (Å²) in [5, 5.41) is 6.52. The van der Waals surface area contributed by atoms with E-state index >= 15 is 0 Å². The molecule has 1 fully saturated rings. The van der Waals surface area contributed by atoms with Gasteiger partial charge in [0, 0.05) is 32.4 Å². The lowest BCUT2D eigenvalue weighted by Gasteiger charge is -2.26. The Bertz CT molecular complexity index is 320. The van der Waals surface area contributed by atoms with Crippen LogP contribution in [0.5, 0.6) is 0 Å². The van der Waals surface area contributed by atoms with Gasteiger partial charge in [0.2, 0.25) is 0 Å². The molecule has 6 heteroatoms. The lowest BCUT2D eigenvalue weighted by molar-refractivity contribution is 0.0387. The van der Waals surface area contributed by atoms with Crippen molar-refractivity contribution in [3.8, 4) is 0 Å². The number of ether oxygens (including phenoxy) is 1. The third kappa shape index (κ3) is 3.04. The number of carbonyl (C=O) groups excluding carboxylic acids is 1. The van der Waals surface area contributed by atoms with Gasteiger partial charge in [-0.3, -0.25) is 4.90 Å². The summed E-state index contributed by atoms with van der Waals surface area (Å²) in [4.78, 5) is 13.7. The predicted octanol–water partition coefficient (Wildman–Crippen LogP) is -0.427. The van der Waals surface area contributed by atoms with Crippen molar-refractivity contribution in [3.63, 3.8) is 0 Å². The lowest BCUT2D eigenvalue weighted by atomic mass is 10.4. The van der Waals surface area contributed by atoms with Gasteiger partial charge in [-0.2, -0.15) is 9.78 Å². The molecule has 0 saturated carbocycles. The van der Waals surface area contributed by atoms with Crippen molar-refractivity contribution < 1.29 is 9.53 Å². The van der Waals surface area contributed by atoms with Gasteiger partial charge in [-0.15, -0.1) is 0 Å². The maximum Gasteiger partial charge on any atom is 0.342 e. The number of morpholine rings is 1. The molecule has 2 rings (SSSR count). The second-order valence-electron chi connectivity index (χ2n) is 3.58. The predicted molar refractivity (Wildman–Crippen MR) is 57.1 cm³/mol. The maximum atomic E-state index is 11.5.